The standard InChI is InChI=1S/C27H33O9PS2/c1-16-8-18(3)26(35-6)24(10-16)37(23-13-22(34-5)12-20(19(23)4)14-38(28,29)30)25-11-17(2)9-21(27(25)36-7)15-39(31,32)33/h8-13H,14-15H2,1-7H3,(H,28,29,30)(H,31,32,33). The first-order valence-electron chi connectivity index (χ1n) is 11.8. The summed E-state index contributed by atoms with van der Waals surface area (Å²) in [5.41, 5.74) is 3.82. The fourth-order valence-electron chi connectivity index (χ4n) is 4.71. The maximum atomic E-state index is 11.9. The molecule has 2 N–H and O–H groups in total. The van der Waals surface area contributed by atoms with E-state index in [1.807, 2.05) is 39.0 Å². The number of rotatable bonds is 10. The highest BCUT2D eigenvalue weighted by Crippen LogP contribution is 2.44. The normalized spacial score (nSPS) is 12.7. The molecule has 0 bridgehead atoms. The van der Waals surface area contributed by atoms with Crippen LogP contribution in [0.2, 0.25) is 0 Å². The molecule has 3 aromatic carbocycles. The van der Waals surface area contributed by atoms with Crippen molar-refractivity contribution in [2.45, 2.75) is 39.2 Å². The summed E-state index contributed by atoms with van der Waals surface area (Å²) in [6, 6.07) is 10.9. The van der Waals surface area contributed by atoms with E-state index in [9.17, 15) is 25.9 Å². The lowest BCUT2D eigenvalue weighted by atomic mass is 10.1. The maximum absolute atomic E-state index is 11.9. The molecule has 0 saturated heterocycles. The summed E-state index contributed by atoms with van der Waals surface area (Å²) in [5.74, 6) is 0.0160. The van der Waals surface area contributed by atoms with Crippen molar-refractivity contribution >= 4 is 44.1 Å². The molecule has 3 rings (SSSR count). The summed E-state index contributed by atoms with van der Waals surface area (Å²) in [4.78, 5) is 0. The minimum absolute atomic E-state index is 0.282. The smallest absolute Gasteiger partial charge is 0.269 e. The van der Waals surface area contributed by atoms with Crippen molar-refractivity contribution in [1.29, 1.82) is 0 Å². The number of hydrogen-bond donors (Lipinski definition) is 2. The Balaban J connectivity index is 2.55. The van der Waals surface area contributed by atoms with Gasteiger partial charge in [-0.3, -0.25) is 9.11 Å². The van der Waals surface area contributed by atoms with E-state index in [2.05, 4.69) is 0 Å². The first kappa shape index (κ1) is 30.8. The lowest BCUT2D eigenvalue weighted by Crippen LogP contribution is -2.27. The molecular formula is C27H33O9PS2. The van der Waals surface area contributed by atoms with Crippen molar-refractivity contribution in [3.05, 3.63) is 69.8 Å². The van der Waals surface area contributed by atoms with Crippen LogP contribution in [0.25, 0.3) is 0 Å². The molecular weight excluding hydrogens is 563 g/mol. The Labute approximate surface area is 231 Å². The second-order valence-electron chi connectivity index (χ2n) is 9.33. The van der Waals surface area contributed by atoms with Gasteiger partial charge in [0, 0.05) is 16.2 Å². The minimum atomic E-state index is -4.38. The van der Waals surface area contributed by atoms with Crippen molar-refractivity contribution in [3.8, 4) is 17.2 Å². The van der Waals surface area contributed by atoms with Crippen molar-refractivity contribution in [2.24, 2.45) is 0 Å². The molecule has 39 heavy (non-hydrogen) atoms. The minimum Gasteiger partial charge on any atom is -0.497 e. The molecule has 12 heteroatoms. The summed E-state index contributed by atoms with van der Waals surface area (Å²) in [5, 5.41) is 2.14. The van der Waals surface area contributed by atoms with Crippen molar-refractivity contribution < 1.29 is 40.2 Å². The van der Waals surface area contributed by atoms with Crippen LogP contribution in [0.15, 0.2) is 36.4 Å². The van der Waals surface area contributed by atoms with Crippen LogP contribution in [0.3, 0.4) is 0 Å². The molecule has 1 atom stereocenters. The van der Waals surface area contributed by atoms with Gasteiger partial charge in [-0.25, -0.2) is 0 Å². The molecule has 3 aromatic rings. The SMILES string of the molecule is COc1cc(CS(=O)(=O)O)c(C)c(P(c2cc(C)cc(C)c2OC)c2cc(C)cc(CS(=O)(=O)O)c2OC)c1. The molecule has 0 amide bonds. The average molecular weight is 597 g/mol. The average Bonchev–Trinajstić information content (AvgIpc) is 2.79. The summed E-state index contributed by atoms with van der Waals surface area (Å²) >= 11 is 0. The van der Waals surface area contributed by atoms with E-state index in [4.69, 9.17) is 14.2 Å². The molecule has 0 radical (unpaired) electrons. The lowest BCUT2D eigenvalue weighted by molar-refractivity contribution is 0.412. The molecule has 0 aromatic heterocycles. The third-order valence-electron chi connectivity index (χ3n) is 6.19. The van der Waals surface area contributed by atoms with Crippen LogP contribution in [-0.4, -0.2) is 47.3 Å². The predicted molar refractivity (Wildman–Crippen MR) is 154 cm³/mol. The summed E-state index contributed by atoms with van der Waals surface area (Å²) in [6.07, 6.45) is 0. The maximum Gasteiger partial charge on any atom is 0.269 e. The van der Waals surface area contributed by atoms with Crippen LogP contribution in [0.4, 0.5) is 0 Å². The molecule has 0 aliphatic rings. The Morgan fingerprint density at radius 2 is 1.15 bits per heavy atom. The van der Waals surface area contributed by atoms with Gasteiger partial charge in [0.15, 0.2) is 0 Å². The van der Waals surface area contributed by atoms with Crippen LogP contribution in [0.1, 0.15) is 33.4 Å². The van der Waals surface area contributed by atoms with Gasteiger partial charge in [-0.1, -0.05) is 12.1 Å². The first-order valence-corrected chi connectivity index (χ1v) is 16.3. The van der Waals surface area contributed by atoms with E-state index < -0.39 is 39.7 Å². The Bertz CT molecular complexity index is 1610. The molecule has 1 unspecified atom stereocenters. The second-order valence-corrected chi connectivity index (χ2v) is 14.4. The molecule has 0 heterocycles. The Kier molecular flexibility index (Phi) is 9.35. The summed E-state index contributed by atoms with van der Waals surface area (Å²) in [7, 11) is -5.88. The highest BCUT2D eigenvalue weighted by molar-refractivity contribution is 7.85. The van der Waals surface area contributed by atoms with Gasteiger partial charge >= 0.3 is 0 Å². The van der Waals surface area contributed by atoms with E-state index in [1.54, 1.807) is 32.2 Å². The van der Waals surface area contributed by atoms with Gasteiger partial charge < -0.3 is 14.2 Å². The van der Waals surface area contributed by atoms with Gasteiger partial charge in [-0.05, 0) is 93.0 Å². The third kappa shape index (κ3) is 7.29. The van der Waals surface area contributed by atoms with E-state index >= 15 is 0 Å². The van der Waals surface area contributed by atoms with Crippen LogP contribution in [0.5, 0.6) is 17.2 Å². The van der Waals surface area contributed by atoms with E-state index in [1.165, 1.54) is 14.2 Å². The molecule has 0 aliphatic heterocycles. The van der Waals surface area contributed by atoms with Crippen LogP contribution < -0.4 is 30.1 Å². The fourth-order valence-corrected chi connectivity index (χ4v) is 9.10. The zero-order valence-electron chi connectivity index (χ0n) is 22.9. The monoisotopic (exact) mass is 596 g/mol. The van der Waals surface area contributed by atoms with Crippen molar-refractivity contribution in [3.63, 3.8) is 0 Å². The van der Waals surface area contributed by atoms with Gasteiger partial charge in [-0.15, -0.1) is 0 Å². The topological polar surface area (TPSA) is 136 Å². The number of hydrogen-bond acceptors (Lipinski definition) is 7. The van der Waals surface area contributed by atoms with E-state index in [0.29, 0.717) is 33.2 Å². The highest BCUT2D eigenvalue weighted by Gasteiger charge is 2.30. The highest BCUT2D eigenvalue weighted by atomic mass is 32.2. The second kappa shape index (κ2) is 11.8. The molecule has 0 spiro atoms. The van der Waals surface area contributed by atoms with Gasteiger partial charge in [0.2, 0.25) is 0 Å². The van der Waals surface area contributed by atoms with Crippen molar-refractivity contribution in [2.75, 3.05) is 21.3 Å². The summed E-state index contributed by atoms with van der Waals surface area (Å²) in [6.45, 7) is 7.44. The predicted octanol–water partition coefficient (Wildman–Crippen LogP) is 3.48. The molecule has 0 saturated carbocycles. The zero-order chi connectivity index (χ0) is 29.3. The molecule has 0 fully saturated rings. The van der Waals surface area contributed by atoms with Crippen LogP contribution in [0, 0.1) is 27.7 Å². The van der Waals surface area contributed by atoms with Gasteiger partial charge in [-0.2, -0.15) is 16.8 Å². The van der Waals surface area contributed by atoms with Crippen LogP contribution >= 0.6 is 7.92 Å². The fraction of sp³-hybridized carbons (Fsp3) is 0.333. The number of ether oxygens (including phenoxy) is 3. The van der Waals surface area contributed by atoms with Gasteiger partial charge in [0.25, 0.3) is 20.2 Å². The number of aryl methyl sites for hydroxylation is 3. The van der Waals surface area contributed by atoms with Crippen LogP contribution in [-0.2, 0) is 31.7 Å². The third-order valence-corrected chi connectivity index (χ3v) is 10.1. The van der Waals surface area contributed by atoms with Gasteiger partial charge in [0.05, 0.1) is 21.3 Å². The molecule has 212 valence electrons. The Hall–Kier alpha value is -2.69. The number of benzene rings is 3. The first-order chi connectivity index (χ1) is 18.1. The van der Waals surface area contributed by atoms with Crippen molar-refractivity contribution in [1.82, 2.24) is 0 Å². The quantitative estimate of drug-likeness (QED) is 0.266. The largest absolute Gasteiger partial charge is 0.497 e. The Morgan fingerprint density at radius 3 is 1.67 bits per heavy atom. The van der Waals surface area contributed by atoms with Gasteiger partial charge in [0.1, 0.15) is 28.8 Å². The zero-order valence-corrected chi connectivity index (χ0v) is 25.4. The Morgan fingerprint density at radius 1 is 0.641 bits per heavy atom. The summed E-state index contributed by atoms with van der Waals surface area (Å²) < 4.78 is 84.0. The lowest BCUT2D eigenvalue weighted by Gasteiger charge is -2.28. The van der Waals surface area contributed by atoms with E-state index in [-0.39, 0.29) is 11.3 Å². The van der Waals surface area contributed by atoms with E-state index in [0.717, 1.165) is 22.0 Å². The molecule has 9 nitrogen and oxygen atoms in total. The number of methoxy groups -OCH3 is 3. The molecule has 0 aliphatic carbocycles.